The zero-order valence-electron chi connectivity index (χ0n) is 9.49. The zero-order chi connectivity index (χ0) is 11.7. The molecule has 0 heterocycles. The second-order valence-corrected chi connectivity index (χ2v) is 4.94. The van der Waals surface area contributed by atoms with Crippen molar-refractivity contribution in [3.63, 3.8) is 0 Å². The smallest absolute Gasteiger partial charge is 0.0283 e. The molecule has 0 aliphatic heterocycles. The quantitative estimate of drug-likeness (QED) is 0.703. The molecule has 1 heteroatoms. The van der Waals surface area contributed by atoms with Crippen LogP contribution in [0, 0.1) is 0 Å². The van der Waals surface area contributed by atoms with Gasteiger partial charge in [-0.1, -0.05) is 70.5 Å². The summed E-state index contributed by atoms with van der Waals surface area (Å²) in [5.74, 6) is 0. The molecule has 84 valence electrons. The number of halogens is 1. The van der Waals surface area contributed by atoms with Gasteiger partial charge in [-0.25, -0.2) is 0 Å². The van der Waals surface area contributed by atoms with Crippen molar-refractivity contribution in [2.45, 2.75) is 11.8 Å². The summed E-state index contributed by atoms with van der Waals surface area (Å²) in [6.07, 6.45) is 3.36. The minimum atomic E-state index is 0.931. The average molecular weight is 285 g/mol. The van der Waals surface area contributed by atoms with Crippen LogP contribution in [0.25, 0.3) is 11.6 Å². The Bertz CT molecular complexity index is 567. The van der Waals surface area contributed by atoms with Crippen LogP contribution < -0.4 is 0 Å². The van der Waals surface area contributed by atoms with E-state index in [0.717, 1.165) is 11.8 Å². The van der Waals surface area contributed by atoms with Gasteiger partial charge in [0, 0.05) is 5.33 Å². The molecule has 2 aromatic rings. The molecule has 0 unspecified atom stereocenters. The lowest BCUT2D eigenvalue weighted by molar-refractivity contribution is 1.28. The molecule has 0 radical (unpaired) electrons. The predicted molar refractivity (Wildman–Crippen MR) is 77.1 cm³/mol. The average Bonchev–Trinajstić information content (AvgIpc) is 2.82. The van der Waals surface area contributed by atoms with Crippen LogP contribution in [0.3, 0.4) is 0 Å². The van der Waals surface area contributed by atoms with Gasteiger partial charge in [0.05, 0.1) is 0 Å². The van der Waals surface area contributed by atoms with E-state index in [1.807, 2.05) is 0 Å². The van der Waals surface area contributed by atoms with E-state index >= 15 is 0 Å². The molecule has 3 rings (SSSR count). The first-order valence-electron chi connectivity index (χ1n) is 5.80. The van der Waals surface area contributed by atoms with E-state index in [9.17, 15) is 0 Å². The second-order valence-electron chi connectivity index (χ2n) is 4.38. The SMILES string of the molecule is BrCc1ccc2c(c1)CC(c1ccccc1)=C2. The van der Waals surface area contributed by atoms with E-state index in [2.05, 4.69) is 70.5 Å². The topological polar surface area (TPSA) is 0 Å². The Kier molecular flexibility index (Phi) is 2.86. The van der Waals surface area contributed by atoms with E-state index in [0.29, 0.717) is 0 Å². The van der Waals surface area contributed by atoms with E-state index in [1.54, 1.807) is 0 Å². The minimum absolute atomic E-state index is 0.931. The van der Waals surface area contributed by atoms with E-state index in [1.165, 1.54) is 27.8 Å². The molecule has 17 heavy (non-hydrogen) atoms. The highest BCUT2D eigenvalue weighted by Crippen LogP contribution is 2.32. The van der Waals surface area contributed by atoms with Crippen LogP contribution in [0.4, 0.5) is 0 Å². The highest BCUT2D eigenvalue weighted by molar-refractivity contribution is 9.08. The second kappa shape index (κ2) is 4.50. The molecule has 1 aliphatic carbocycles. The van der Waals surface area contributed by atoms with Crippen molar-refractivity contribution in [1.29, 1.82) is 0 Å². The molecule has 0 fully saturated rings. The third-order valence-electron chi connectivity index (χ3n) is 3.22. The Morgan fingerprint density at radius 3 is 2.59 bits per heavy atom. The van der Waals surface area contributed by atoms with E-state index in [4.69, 9.17) is 0 Å². The van der Waals surface area contributed by atoms with Gasteiger partial charge in [-0.3, -0.25) is 0 Å². The molecule has 0 nitrogen and oxygen atoms in total. The molecule has 0 saturated heterocycles. The summed E-state index contributed by atoms with van der Waals surface area (Å²) >= 11 is 3.51. The van der Waals surface area contributed by atoms with Gasteiger partial charge in [-0.2, -0.15) is 0 Å². The number of allylic oxidation sites excluding steroid dienone is 1. The van der Waals surface area contributed by atoms with Crippen molar-refractivity contribution in [2.75, 3.05) is 0 Å². The molecule has 1 aliphatic rings. The van der Waals surface area contributed by atoms with Crippen LogP contribution in [-0.2, 0) is 11.8 Å². The first-order valence-corrected chi connectivity index (χ1v) is 6.93. The Morgan fingerprint density at radius 2 is 1.82 bits per heavy atom. The maximum atomic E-state index is 3.51. The molecular weight excluding hydrogens is 272 g/mol. The molecule has 0 spiro atoms. The van der Waals surface area contributed by atoms with Crippen molar-refractivity contribution < 1.29 is 0 Å². The number of benzene rings is 2. The molecule has 0 N–H and O–H groups in total. The minimum Gasteiger partial charge on any atom is -0.0876 e. The molecule has 0 aromatic heterocycles. The van der Waals surface area contributed by atoms with Gasteiger partial charge in [0.1, 0.15) is 0 Å². The lowest BCUT2D eigenvalue weighted by atomic mass is 10.0. The number of alkyl halides is 1. The van der Waals surface area contributed by atoms with Gasteiger partial charge in [0.25, 0.3) is 0 Å². The van der Waals surface area contributed by atoms with E-state index in [-0.39, 0.29) is 0 Å². The number of rotatable bonds is 2. The van der Waals surface area contributed by atoms with Gasteiger partial charge >= 0.3 is 0 Å². The summed E-state index contributed by atoms with van der Waals surface area (Å²) in [7, 11) is 0. The van der Waals surface area contributed by atoms with Gasteiger partial charge in [-0.15, -0.1) is 0 Å². The van der Waals surface area contributed by atoms with Crippen molar-refractivity contribution in [2.24, 2.45) is 0 Å². The van der Waals surface area contributed by atoms with Crippen LogP contribution in [0.15, 0.2) is 48.5 Å². The Hall–Kier alpha value is -1.34. The van der Waals surface area contributed by atoms with Gasteiger partial charge in [0.15, 0.2) is 0 Å². The molecule has 2 aromatic carbocycles. The Balaban J connectivity index is 1.95. The molecule has 0 amide bonds. The molecular formula is C16H13Br. The Morgan fingerprint density at radius 1 is 1.00 bits per heavy atom. The first-order chi connectivity index (χ1) is 8.36. The fourth-order valence-electron chi connectivity index (χ4n) is 2.32. The summed E-state index contributed by atoms with van der Waals surface area (Å²) in [6, 6.07) is 17.4. The molecule has 0 bridgehead atoms. The van der Waals surface area contributed by atoms with Crippen LogP contribution >= 0.6 is 15.9 Å². The lowest BCUT2D eigenvalue weighted by Gasteiger charge is -2.02. The first kappa shape index (κ1) is 10.8. The van der Waals surface area contributed by atoms with Crippen molar-refractivity contribution in [1.82, 2.24) is 0 Å². The fourth-order valence-corrected chi connectivity index (χ4v) is 2.67. The van der Waals surface area contributed by atoms with Gasteiger partial charge < -0.3 is 0 Å². The molecule has 0 atom stereocenters. The van der Waals surface area contributed by atoms with Gasteiger partial charge in [-0.05, 0) is 34.2 Å². The van der Waals surface area contributed by atoms with Crippen LogP contribution in [-0.4, -0.2) is 0 Å². The summed E-state index contributed by atoms with van der Waals surface area (Å²) in [5, 5.41) is 0.931. The third kappa shape index (κ3) is 2.07. The Labute approximate surface area is 110 Å². The number of hydrogen-bond donors (Lipinski definition) is 0. The third-order valence-corrected chi connectivity index (χ3v) is 3.86. The van der Waals surface area contributed by atoms with Crippen LogP contribution in [0.1, 0.15) is 22.3 Å². The summed E-state index contributed by atoms with van der Waals surface area (Å²) < 4.78 is 0. The van der Waals surface area contributed by atoms with Gasteiger partial charge in [0.2, 0.25) is 0 Å². The van der Waals surface area contributed by atoms with Crippen molar-refractivity contribution in [3.05, 3.63) is 70.8 Å². The van der Waals surface area contributed by atoms with Crippen molar-refractivity contribution in [3.8, 4) is 0 Å². The van der Waals surface area contributed by atoms with Crippen LogP contribution in [0.2, 0.25) is 0 Å². The normalized spacial score (nSPS) is 13.4. The highest BCUT2D eigenvalue weighted by atomic mass is 79.9. The van der Waals surface area contributed by atoms with Crippen LogP contribution in [0.5, 0.6) is 0 Å². The van der Waals surface area contributed by atoms with E-state index < -0.39 is 0 Å². The number of hydrogen-bond acceptors (Lipinski definition) is 0. The largest absolute Gasteiger partial charge is 0.0876 e. The summed E-state index contributed by atoms with van der Waals surface area (Å²) in [4.78, 5) is 0. The summed E-state index contributed by atoms with van der Waals surface area (Å²) in [5.41, 5.74) is 6.93. The fraction of sp³-hybridized carbons (Fsp3) is 0.125. The van der Waals surface area contributed by atoms with Crippen molar-refractivity contribution >= 4 is 27.6 Å². The standard InChI is InChI=1S/C16H13Br/c17-11-12-6-7-14-9-16(10-15(14)8-12)13-4-2-1-3-5-13/h1-9H,10-11H2. The predicted octanol–water partition coefficient (Wildman–Crippen LogP) is 4.68. The monoisotopic (exact) mass is 284 g/mol. The lowest BCUT2D eigenvalue weighted by Crippen LogP contribution is -1.87. The maximum absolute atomic E-state index is 3.51. The number of fused-ring (bicyclic) bond motifs is 1. The highest BCUT2D eigenvalue weighted by Gasteiger charge is 2.13. The molecule has 0 saturated carbocycles. The maximum Gasteiger partial charge on any atom is 0.0283 e. The zero-order valence-corrected chi connectivity index (χ0v) is 11.1. The summed E-state index contributed by atoms with van der Waals surface area (Å²) in [6.45, 7) is 0.